The Balaban J connectivity index is 3.82. The van der Waals surface area contributed by atoms with Crippen molar-refractivity contribution in [1.82, 2.24) is 0 Å². The van der Waals surface area contributed by atoms with Crippen LogP contribution in [-0.4, -0.2) is 12.6 Å². The molecule has 2 heteroatoms. The standard InChI is InChI=1S/C17H30O2/c1-5-7-8-9-10-11-13-16(12-6-2)14-19-17(18)15(3)4/h7-8,16H,3,5-6,9-14H2,1-2,4H3/b8-7+. The third-order valence-electron chi connectivity index (χ3n) is 3.13. The Morgan fingerprint density at radius 1 is 1.21 bits per heavy atom. The fourth-order valence-electron chi connectivity index (χ4n) is 2.02. The Morgan fingerprint density at radius 3 is 2.53 bits per heavy atom. The van der Waals surface area contributed by atoms with E-state index in [0.29, 0.717) is 18.1 Å². The summed E-state index contributed by atoms with van der Waals surface area (Å²) in [5.74, 6) is 0.246. The molecule has 0 aromatic rings. The van der Waals surface area contributed by atoms with Crippen LogP contribution in [0.4, 0.5) is 0 Å². The first kappa shape index (κ1) is 17.9. The van der Waals surface area contributed by atoms with Gasteiger partial charge in [-0.3, -0.25) is 0 Å². The molecule has 0 fully saturated rings. The van der Waals surface area contributed by atoms with Crippen molar-refractivity contribution >= 4 is 5.97 Å². The SMILES string of the molecule is C=C(C)C(=O)OCC(CCC)CCCC/C=C/CC. The van der Waals surface area contributed by atoms with Gasteiger partial charge in [-0.15, -0.1) is 0 Å². The summed E-state index contributed by atoms with van der Waals surface area (Å²) in [4.78, 5) is 11.4. The van der Waals surface area contributed by atoms with E-state index in [1.807, 2.05) is 0 Å². The van der Waals surface area contributed by atoms with Crippen LogP contribution >= 0.6 is 0 Å². The van der Waals surface area contributed by atoms with Crippen LogP contribution in [0, 0.1) is 5.92 Å². The molecule has 0 amide bonds. The van der Waals surface area contributed by atoms with Crippen molar-refractivity contribution in [3.8, 4) is 0 Å². The highest BCUT2D eigenvalue weighted by Crippen LogP contribution is 2.17. The molecule has 0 radical (unpaired) electrons. The van der Waals surface area contributed by atoms with E-state index in [4.69, 9.17) is 4.74 Å². The molecule has 19 heavy (non-hydrogen) atoms. The van der Waals surface area contributed by atoms with Crippen molar-refractivity contribution in [2.45, 2.75) is 65.7 Å². The maximum atomic E-state index is 11.4. The molecule has 0 aromatic heterocycles. The molecule has 0 aliphatic carbocycles. The van der Waals surface area contributed by atoms with E-state index in [0.717, 1.165) is 32.1 Å². The Hall–Kier alpha value is -1.05. The number of hydrogen-bond acceptors (Lipinski definition) is 2. The Bertz CT molecular complexity index is 279. The zero-order valence-electron chi connectivity index (χ0n) is 12.9. The van der Waals surface area contributed by atoms with Gasteiger partial charge < -0.3 is 4.74 Å². The Kier molecular flexibility index (Phi) is 11.3. The molecule has 1 atom stereocenters. The number of hydrogen-bond donors (Lipinski definition) is 0. The van der Waals surface area contributed by atoms with Gasteiger partial charge in [0.2, 0.25) is 0 Å². The van der Waals surface area contributed by atoms with Crippen LogP contribution in [0.25, 0.3) is 0 Å². The molecule has 1 unspecified atom stereocenters. The molecule has 0 bridgehead atoms. The second-order valence-corrected chi connectivity index (χ2v) is 5.20. The highest BCUT2D eigenvalue weighted by Gasteiger charge is 2.11. The molecule has 0 saturated carbocycles. The fraction of sp³-hybridized carbons (Fsp3) is 0.706. The van der Waals surface area contributed by atoms with E-state index in [9.17, 15) is 4.79 Å². The van der Waals surface area contributed by atoms with Gasteiger partial charge in [-0.25, -0.2) is 4.79 Å². The largest absolute Gasteiger partial charge is 0.462 e. The number of ether oxygens (including phenoxy) is 1. The summed E-state index contributed by atoms with van der Waals surface area (Å²) in [6.45, 7) is 10.2. The van der Waals surface area contributed by atoms with Gasteiger partial charge in [0.25, 0.3) is 0 Å². The second kappa shape index (κ2) is 12.0. The van der Waals surface area contributed by atoms with E-state index >= 15 is 0 Å². The maximum Gasteiger partial charge on any atom is 0.333 e. The molecule has 0 spiro atoms. The van der Waals surface area contributed by atoms with Gasteiger partial charge in [-0.05, 0) is 44.9 Å². The van der Waals surface area contributed by atoms with Gasteiger partial charge in [0.05, 0.1) is 6.61 Å². The lowest BCUT2D eigenvalue weighted by atomic mass is 9.97. The molecule has 0 aliphatic rings. The molecule has 0 aliphatic heterocycles. The number of carbonyl (C=O) groups is 1. The van der Waals surface area contributed by atoms with Crippen LogP contribution in [0.3, 0.4) is 0 Å². The summed E-state index contributed by atoms with van der Waals surface area (Å²) in [6.07, 6.45) is 12.6. The molecule has 0 heterocycles. The first-order chi connectivity index (χ1) is 9.11. The summed E-state index contributed by atoms with van der Waals surface area (Å²) in [7, 11) is 0. The Labute approximate surface area is 118 Å². The van der Waals surface area contributed by atoms with Crippen molar-refractivity contribution < 1.29 is 9.53 Å². The first-order valence-electron chi connectivity index (χ1n) is 7.59. The summed E-state index contributed by atoms with van der Waals surface area (Å²) in [5, 5.41) is 0. The summed E-state index contributed by atoms with van der Waals surface area (Å²) in [5.41, 5.74) is 0.486. The van der Waals surface area contributed by atoms with Gasteiger partial charge in [-0.1, -0.05) is 45.4 Å². The van der Waals surface area contributed by atoms with Crippen molar-refractivity contribution in [2.24, 2.45) is 5.92 Å². The molecule has 2 nitrogen and oxygen atoms in total. The Morgan fingerprint density at radius 2 is 1.95 bits per heavy atom. The minimum Gasteiger partial charge on any atom is -0.462 e. The van der Waals surface area contributed by atoms with Gasteiger partial charge >= 0.3 is 5.97 Å². The average Bonchev–Trinajstić information content (AvgIpc) is 2.39. The van der Waals surface area contributed by atoms with Crippen molar-refractivity contribution in [3.05, 3.63) is 24.3 Å². The van der Waals surface area contributed by atoms with Crippen LogP contribution in [0.2, 0.25) is 0 Å². The van der Waals surface area contributed by atoms with Crippen LogP contribution in [0.15, 0.2) is 24.3 Å². The number of allylic oxidation sites excluding steroid dienone is 2. The molecule has 0 N–H and O–H groups in total. The third-order valence-corrected chi connectivity index (χ3v) is 3.13. The molecule has 0 aromatic carbocycles. The zero-order chi connectivity index (χ0) is 14.5. The fourth-order valence-corrected chi connectivity index (χ4v) is 2.02. The highest BCUT2D eigenvalue weighted by atomic mass is 16.5. The zero-order valence-corrected chi connectivity index (χ0v) is 12.9. The molecular formula is C17H30O2. The minimum atomic E-state index is -0.257. The van der Waals surface area contributed by atoms with E-state index in [2.05, 4.69) is 32.6 Å². The van der Waals surface area contributed by atoms with Crippen molar-refractivity contribution in [3.63, 3.8) is 0 Å². The van der Waals surface area contributed by atoms with Gasteiger partial charge in [0.1, 0.15) is 0 Å². The van der Waals surface area contributed by atoms with E-state index in [-0.39, 0.29) is 5.97 Å². The first-order valence-corrected chi connectivity index (χ1v) is 7.59. The van der Waals surface area contributed by atoms with Crippen LogP contribution in [-0.2, 0) is 9.53 Å². The number of unbranched alkanes of at least 4 members (excludes halogenated alkanes) is 2. The second-order valence-electron chi connectivity index (χ2n) is 5.20. The lowest BCUT2D eigenvalue weighted by molar-refractivity contribution is -0.140. The molecule has 0 saturated heterocycles. The normalized spacial score (nSPS) is 12.6. The van der Waals surface area contributed by atoms with Gasteiger partial charge in [0.15, 0.2) is 0 Å². The average molecular weight is 266 g/mol. The summed E-state index contributed by atoms with van der Waals surface area (Å²) >= 11 is 0. The number of carbonyl (C=O) groups excluding carboxylic acids is 1. The lowest BCUT2D eigenvalue weighted by Gasteiger charge is -2.16. The molecule has 110 valence electrons. The highest BCUT2D eigenvalue weighted by molar-refractivity contribution is 5.86. The van der Waals surface area contributed by atoms with E-state index in [1.165, 1.54) is 12.8 Å². The number of rotatable bonds is 11. The topological polar surface area (TPSA) is 26.3 Å². The van der Waals surface area contributed by atoms with E-state index < -0.39 is 0 Å². The lowest BCUT2D eigenvalue weighted by Crippen LogP contribution is -2.14. The smallest absolute Gasteiger partial charge is 0.333 e. The predicted octanol–water partition coefficient (Wildman–Crippen LogP) is 5.05. The van der Waals surface area contributed by atoms with Gasteiger partial charge in [0, 0.05) is 5.57 Å². The summed E-state index contributed by atoms with van der Waals surface area (Å²) < 4.78 is 5.26. The minimum absolute atomic E-state index is 0.257. The number of esters is 1. The predicted molar refractivity (Wildman–Crippen MR) is 82.1 cm³/mol. The van der Waals surface area contributed by atoms with Crippen molar-refractivity contribution in [2.75, 3.05) is 6.61 Å². The van der Waals surface area contributed by atoms with Crippen LogP contribution in [0.5, 0.6) is 0 Å². The third kappa shape index (κ3) is 10.5. The van der Waals surface area contributed by atoms with Gasteiger partial charge in [-0.2, -0.15) is 0 Å². The monoisotopic (exact) mass is 266 g/mol. The molecular weight excluding hydrogens is 236 g/mol. The van der Waals surface area contributed by atoms with Crippen LogP contribution < -0.4 is 0 Å². The summed E-state index contributed by atoms with van der Waals surface area (Å²) in [6, 6.07) is 0. The van der Waals surface area contributed by atoms with Crippen LogP contribution in [0.1, 0.15) is 65.7 Å². The molecule has 0 rings (SSSR count). The maximum absolute atomic E-state index is 11.4. The van der Waals surface area contributed by atoms with E-state index in [1.54, 1.807) is 6.92 Å². The van der Waals surface area contributed by atoms with Crippen molar-refractivity contribution in [1.29, 1.82) is 0 Å². The quantitative estimate of drug-likeness (QED) is 0.226.